The van der Waals surface area contributed by atoms with Crippen molar-refractivity contribution in [3.05, 3.63) is 35.0 Å². The van der Waals surface area contributed by atoms with E-state index in [0.29, 0.717) is 0 Å². The molecular weight excluding hydrogens is 323 g/mol. The zero-order valence-corrected chi connectivity index (χ0v) is 12.8. The van der Waals surface area contributed by atoms with Crippen LogP contribution in [0.25, 0.3) is 10.9 Å². The van der Waals surface area contributed by atoms with Gasteiger partial charge in [-0.1, -0.05) is 34.2 Å². The molecule has 1 aliphatic rings. The number of rotatable bonds is 0. The molecule has 0 fully saturated rings. The number of nitrogens with zero attached hydrogens (tertiary/aromatic N) is 1. The molecule has 0 aliphatic carbocycles. The van der Waals surface area contributed by atoms with Crippen LogP contribution in [0, 0.1) is 6.92 Å². The van der Waals surface area contributed by atoms with E-state index in [-0.39, 0.29) is 0 Å². The van der Waals surface area contributed by atoms with Crippen LogP contribution in [-0.4, -0.2) is 28.4 Å². The largest absolute Gasteiger partial charge is 0.358 e. The molecule has 0 amide bonds. The molecule has 2 nitrogen and oxygen atoms in total. The van der Waals surface area contributed by atoms with E-state index in [2.05, 4.69) is 64.6 Å². The van der Waals surface area contributed by atoms with Gasteiger partial charge in [-0.15, -0.1) is 0 Å². The zero-order chi connectivity index (χ0) is 12.4. The lowest BCUT2D eigenvalue weighted by molar-refractivity contribution is 0.313. The predicted molar refractivity (Wildman–Crippen MR) is 83.0 cm³/mol. The van der Waals surface area contributed by atoms with Crippen LogP contribution in [0.3, 0.4) is 0 Å². The molecule has 0 spiro atoms. The highest BCUT2D eigenvalue weighted by atomic mass is 127. The summed E-state index contributed by atoms with van der Waals surface area (Å²) in [6.45, 7) is 4.41. The first-order valence-electron chi connectivity index (χ1n) is 5.90. The van der Waals surface area contributed by atoms with Crippen LogP contribution in [0.2, 0.25) is 0 Å². The number of fused-ring (bicyclic) bond motifs is 3. The van der Waals surface area contributed by atoms with Crippen LogP contribution >= 0.6 is 22.6 Å². The fourth-order valence-electron chi connectivity index (χ4n) is 2.46. The summed E-state index contributed by atoms with van der Waals surface area (Å²) in [7, 11) is 2.19. The quantitative estimate of drug-likeness (QED) is 0.573. The highest BCUT2D eigenvalue weighted by molar-refractivity contribution is 14.1. The minimum atomic E-state index is 1.08. The van der Waals surface area contributed by atoms with Crippen LogP contribution in [-0.2, 0) is 13.0 Å². The van der Waals surface area contributed by atoms with Crippen molar-refractivity contribution in [1.29, 1.82) is 0 Å². The summed E-state index contributed by atoms with van der Waals surface area (Å²) in [6.07, 6.45) is 1.15. The van der Waals surface area contributed by atoms with Crippen molar-refractivity contribution in [2.45, 2.75) is 19.9 Å². The Balaban J connectivity index is 0.000000514. The highest BCUT2D eigenvalue weighted by Crippen LogP contribution is 2.27. The molecule has 0 saturated heterocycles. The molecule has 3 heteroatoms. The van der Waals surface area contributed by atoms with Crippen molar-refractivity contribution in [2.75, 3.05) is 18.5 Å². The Bertz CT molecular complexity index is 516. The van der Waals surface area contributed by atoms with Crippen LogP contribution in [0.4, 0.5) is 0 Å². The average molecular weight is 342 g/mol. The van der Waals surface area contributed by atoms with Gasteiger partial charge in [0, 0.05) is 36.1 Å². The van der Waals surface area contributed by atoms with Gasteiger partial charge in [0.05, 0.1) is 0 Å². The number of nitrogens with one attached hydrogen (secondary N) is 1. The second kappa shape index (κ2) is 5.40. The molecule has 2 heterocycles. The Morgan fingerprint density at radius 2 is 2.06 bits per heavy atom. The van der Waals surface area contributed by atoms with Gasteiger partial charge in [0.2, 0.25) is 0 Å². The van der Waals surface area contributed by atoms with E-state index >= 15 is 0 Å². The van der Waals surface area contributed by atoms with Crippen LogP contribution in [0.15, 0.2) is 18.2 Å². The molecule has 0 bridgehead atoms. The van der Waals surface area contributed by atoms with E-state index in [0.717, 1.165) is 13.0 Å². The van der Waals surface area contributed by atoms with Crippen molar-refractivity contribution < 1.29 is 0 Å². The molecule has 1 aromatic heterocycles. The third-order valence-electron chi connectivity index (χ3n) is 3.32. The summed E-state index contributed by atoms with van der Waals surface area (Å²) in [5.74, 6) is 0. The monoisotopic (exact) mass is 342 g/mol. The molecule has 0 atom stereocenters. The first kappa shape index (κ1) is 12.9. The summed E-state index contributed by atoms with van der Waals surface area (Å²) in [4.78, 5) is 7.89. The van der Waals surface area contributed by atoms with Gasteiger partial charge in [-0.05, 0) is 36.6 Å². The second-order valence-corrected chi connectivity index (χ2v) is 4.62. The highest BCUT2D eigenvalue weighted by Gasteiger charge is 2.17. The Morgan fingerprint density at radius 3 is 2.82 bits per heavy atom. The van der Waals surface area contributed by atoms with Gasteiger partial charge in [0.25, 0.3) is 0 Å². The lowest BCUT2D eigenvalue weighted by atomic mass is 10.0. The van der Waals surface area contributed by atoms with E-state index in [1.165, 1.54) is 34.3 Å². The van der Waals surface area contributed by atoms with Crippen LogP contribution < -0.4 is 0 Å². The molecule has 17 heavy (non-hydrogen) atoms. The number of aryl methyl sites for hydroxylation is 1. The zero-order valence-electron chi connectivity index (χ0n) is 10.7. The maximum atomic E-state index is 3.54. The Morgan fingerprint density at radius 1 is 1.29 bits per heavy atom. The first-order valence-corrected chi connectivity index (χ1v) is 8.06. The third kappa shape index (κ3) is 2.50. The van der Waals surface area contributed by atoms with Crippen molar-refractivity contribution in [3.8, 4) is 0 Å². The number of likely N-dealkylation sites (N-methyl/N-ethyl adjacent to an activating group) is 1. The van der Waals surface area contributed by atoms with Gasteiger partial charge < -0.3 is 9.88 Å². The maximum absolute atomic E-state index is 3.54. The number of alkyl halides is 1. The van der Waals surface area contributed by atoms with E-state index in [9.17, 15) is 0 Å². The van der Waals surface area contributed by atoms with Crippen molar-refractivity contribution >= 4 is 33.5 Å². The average Bonchev–Trinajstić information content (AvgIpc) is 2.69. The summed E-state index contributed by atoms with van der Waals surface area (Å²) in [5, 5.41) is 1.41. The second-order valence-electron chi connectivity index (χ2n) is 4.62. The number of benzene rings is 1. The fourth-order valence-corrected chi connectivity index (χ4v) is 2.46. The first-order chi connectivity index (χ1) is 8.24. The molecule has 1 aromatic carbocycles. The van der Waals surface area contributed by atoms with E-state index in [4.69, 9.17) is 0 Å². The van der Waals surface area contributed by atoms with Crippen LogP contribution in [0.1, 0.15) is 16.8 Å². The van der Waals surface area contributed by atoms with Crippen molar-refractivity contribution in [2.24, 2.45) is 0 Å². The van der Waals surface area contributed by atoms with Gasteiger partial charge in [-0.3, -0.25) is 0 Å². The summed E-state index contributed by atoms with van der Waals surface area (Å²) < 4.78 is 0. The van der Waals surface area contributed by atoms with E-state index in [1.807, 2.05) is 4.93 Å². The number of aromatic nitrogens is 1. The van der Waals surface area contributed by atoms with E-state index < -0.39 is 0 Å². The SMILES string of the molecule is CI.Cc1ccc2[nH]c3c(c2c1)CN(C)CC3. The lowest BCUT2D eigenvalue weighted by Gasteiger charge is -2.22. The molecule has 0 radical (unpaired) electrons. The molecule has 2 aromatic rings. The van der Waals surface area contributed by atoms with Gasteiger partial charge in [-0.25, -0.2) is 0 Å². The Labute approximate surface area is 117 Å². The number of hydrogen-bond acceptors (Lipinski definition) is 1. The molecule has 1 N–H and O–H groups in total. The minimum absolute atomic E-state index is 1.08. The smallest absolute Gasteiger partial charge is 0.0459 e. The van der Waals surface area contributed by atoms with Gasteiger partial charge in [-0.2, -0.15) is 0 Å². The van der Waals surface area contributed by atoms with E-state index in [1.54, 1.807) is 0 Å². The fraction of sp³-hybridized carbons (Fsp3) is 0.429. The molecule has 0 unspecified atom stereocenters. The van der Waals surface area contributed by atoms with Crippen LogP contribution in [0.5, 0.6) is 0 Å². The summed E-state index contributed by atoms with van der Waals surface area (Å²) in [5.41, 5.74) is 5.58. The predicted octanol–water partition coefficient (Wildman–Crippen LogP) is 3.52. The lowest BCUT2D eigenvalue weighted by Crippen LogP contribution is -2.25. The molecule has 0 saturated carbocycles. The Kier molecular flexibility index (Phi) is 4.09. The number of hydrogen-bond donors (Lipinski definition) is 1. The van der Waals surface area contributed by atoms with Crippen molar-refractivity contribution in [3.63, 3.8) is 0 Å². The molecule has 3 rings (SSSR count). The third-order valence-corrected chi connectivity index (χ3v) is 3.32. The standard InChI is InChI=1S/C13H16N2.CH3I/c1-9-3-4-12-10(7-9)11-8-15(2)6-5-13(11)14-12;1-2/h3-4,7,14H,5-6,8H2,1-2H3;1H3. The molecular formula is C14H19IN2. The molecule has 92 valence electrons. The normalized spacial score (nSPS) is 15.3. The number of H-pyrrole nitrogens is 1. The van der Waals surface area contributed by atoms with Crippen molar-refractivity contribution in [1.82, 2.24) is 9.88 Å². The topological polar surface area (TPSA) is 19.0 Å². The molecule has 1 aliphatic heterocycles. The number of aromatic amines is 1. The maximum Gasteiger partial charge on any atom is 0.0459 e. The summed E-state index contributed by atoms with van der Waals surface area (Å²) >= 11 is 2.15. The van der Waals surface area contributed by atoms with Gasteiger partial charge in [0.15, 0.2) is 0 Å². The van der Waals surface area contributed by atoms with Gasteiger partial charge >= 0.3 is 0 Å². The minimum Gasteiger partial charge on any atom is -0.358 e. The van der Waals surface area contributed by atoms with Gasteiger partial charge in [0.1, 0.15) is 0 Å². The Hall–Kier alpha value is -0.550. The number of halogens is 1. The summed E-state index contributed by atoms with van der Waals surface area (Å²) in [6, 6.07) is 6.67.